The van der Waals surface area contributed by atoms with Crippen molar-refractivity contribution < 1.29 is 0 Å². The molecule has 0 heterocycles. The Morgan fingerprint density at radius 3 is 1.69 bits per heavy atom. The molecule has 0 radical (unpaired) electrons. The van der Waals surface area contributed by atoms with E-state index in [0.717, 1.165) is 6.42 Å². The Hall–Kier alpha value is -3.64. The first-order valence-corrected chi connectivity index (χ1v) is 10.1. The second-order valence-corrected chi connectivity index (χ2v) is 7.46. The molecule has 0 saturated heterocycles. The lowest BCUT2D eigenvalue weighted by atomic mass is 9.95. The SMILES string of the molecule is c1ccc(Cc2ccc(-c3ccc(-c4cccc5ccccc45)cc3)cc2)cc1. The highest BCUT2D eigenvalue weighted by Gasteiger charge is 2.05. The average Bonchev–Trinajstić information content (AvgIpc) is 2.80. The third-order valence-electron chi connectivity index (χ3n) is 5.52. The van der Waals surface area contributed by atoms with Crippen LogP contribution in [0.25, 0.3) is 33.0 Å². The first kappa shape index (κ1) is 17.5. The zero-order valence-corrected chi connectivity index (χ0v) is 16.3. The number of benzene rings is 5. The summed E-state index contributed by atoms with van der Waals surface area (Å²) < 4.78 is 0. The van der Waals surface area contributed by atoms with E-state index in [9.17, 15) is 0 Å². The molecule has 5 rings (SSSR count). The molecule has 29 heavy (non-hydrogen) atoms. The van der Waals surface area contributed by atoms with Gasteiger partial charge in [0.05, 0.1) is 0 Å². The molecule has 0 aliphatic rings. The Balaban J connectivity index is 1.40. The van der Waals surface area contributed by atoms with Gasteiger partial charge in [-0.25, -0.2) is 0 Å². The van der Waals surface area contributed by atoms with Crippen molar-refractivity contribution in [3.05, 3.63) is 132 Å². The van der Waals surface area contributed by atoms with Crippen LogP contribution in [0.2, 0.25) is 0 Å². The lowest BCUT2D eigenvalue weighted by molar-refractivity contribution is 1.19. The van der Waals surface area contributed by atoms with Crippen molar-refractivity contribution in [3.8, 4) is 22.3 Å². The second kappa shape index (κ2) is 7.77. The smallest absolute Gasteiger partial charge is 0.00258 e. The fourth-order valence-corrected chi connectivity index (χ4v) is 3.97. The van der Waals surface area contributed by atoms with Crippen molar-refractivity contribution in [1.82, 2.24) is 0 Å². The van der Waals surface area contributed by atoms with Gasteiger partial charge in [0.2, 0.25) is 0 Å². The molecule has 5 aromatic rings. The molecule has 0 aromatic heterocycles. The van der Waals surface area contributed by atoms with E-state index in [2.05, 4.69) is 121 Å². The topological polar surface area (TPSA) is 0 Å². The van der Waals surface area contributed by atoms with Crippen LogP contribution in [0.1, 0.15) is 11.1 Å². The van der Waals surface area contributed by atoms with Crippen LogP contribution in [-0.2, 0) is 6.42 Å². The predicted octanol–water partition coefficient (Wildman–Crippen LogP) is 7.76. The summed E-state index contributed by atoms with van der Waals surface area (Å²) in [6.45, 7) is 0. The van der Waals surface area contributed by atoms with Crippen molar-refractivity contribution in [2.45, 2.75) is 6.42 Å². The summed E-state index contributed by atoms with van der Waals surface area (Å²) in [5.41, 5.74) is 7.73. The van der Waals surface area contributed by atoms with Crippen molar-refractivity contribution in [2.24, 2.45) is 0 Å². The maximum atomic E-state index is 2.24. The molecule has 0 bridgehead atoms. The van der Waals surface area contributed by atoms with Gasteiger partial charge in [-0.15, -0.1) is 0 Å². The summed E-state index contributed by atoms with van der Waals surface area (Å²) >= 11 is 0. The Morgan fingerprint density at radius 2 is 0.931 bits per heavy atom. The van der Waals surface area contributed by atoms with Crippen molar-refractivity contribution >= 4 is 10.8 Å². The maximum absolute atomic E-state index is 2.24. The molecule has 0 N–H and O–H groups in total. The molecule has 0 nitrogen and oxygen atoms in total. The highest BCUT2D eigenvalue weighted by atomic mass is 14.1. The van der Waals surface area contributed by atoms with Crippen LogP contribution in [0.3, 0.4) is 0 Å². The van der Waals surface area contributed by atoms with Gasteiger partial charge in [0.25, 0.3) is 0 Å². The molecule has 0 unspecified atom stereocenters. The first-order valence-electron chi connectivity index (χ1n) is 10.1. The van der Waals surface area contributed by atoms with Gasteiger partial charge in [-0.05, 0) is 50.6 Å². The summed E-state index contributed by atoms with van der Waals surface area (Å²) in [5, 5.41) is 2.58. The largest absolute Gasteiger partial charge is 0.0622 e. The summed E-state index contributed by atoms with van der Waals surface area (Å²) in [5.74, 6) is 0. The molecular weight excluding hydrogens is 348 g/mol. The van der Waals surface area contributed by atoms with Crippen LogP contribution in [0, 0.1) is 0 Å². The van der Waals surface area contributed by atoms with E-state index in [0.29, 0.717) is 0 Å². The van der Waals surface area contributed by atoms with Gasteiger partial charge in [-0.2, -0.15) is 0 Å². The monoisotopic (exact) mass is 370 g/mol. The summed E-state index contributed by atoms with van der Waals surface area (Å²) in [7, 11) is 0. The minimum atomic E-state index is 0.973. The van der Waals surface area contributed by atoms with E-state index in [-0.39, 0.29) is 0 Å². The van der Waals surface area contributed by atoms with Crippen LogP contribution < -0.4 is 0 Å². The van der Waals surface area contributed by atoms with Crippen LogP contribution >= 0.6 is 0 Å². The maximum Gasteiger partial charge on any atom is -0.00258 e. The molecule has 0 aliphatic carbocycles. The minimum absolute atomic E-state index is 0.973. The van der Waals surface area contributed by atoms with Gasteiger partial charge in [0, 0.05) is 0 Å². The number of hydrogen-bond donors (Lipinski definition) is 0. The average molecular weight is 370 g/mol. The van der Waals surface area contributed by atoms with E-state index in [1.807, 2.05) is 0 Å². The molecule has 0 fully saturated rings. The van der Waals surface area contributed by atoms with Crippen LogP contribution in [-0.4, -0.2) is 0 Å². The zero-order chi connectivity index (χ0) is 19.5. The van der Waals surface area contributed by atoms with Gasteiger partial charge in [-0.1, -0.05) is 121 Å². The quantitative estimate of drug-likeness (QED) is 0.303. The van der Waals surface area contributed by atoms with Crippen LogP contribution in [0.15, 0.2) is 121 Å². The predicted molar refractivity (Wildman–Crippen MR) is 124 cm³/mol. The van der Waals surface area contributed by atoms with Gasteiger partial charge in [-0.3, -0.25) is 0 Å². The molecule has 0 amide bonds. The summed E-state index contributed by atoms with van der Waals surface area (Å²) in [6.07, 6.45) is 0.973. The molecule has 0 aliphatic heterocycles. The standard InChI is InChI=1S/C29H22/c1-2-7-22(8-3-1)21-23-13-15-24(16-14-23)25-17-19-27(20-18-25)29-12-6-10-26-9-4-5-11-28(26)29/h1-20H,21H2. The minimum Gasteiger partial charge on any atom is -0.0622 e. The lowest BCUT2D eigenvalue weighted by Gasteiger charge is -2.09. The van der Waals surface area contributed by atoms with Gasteiger partial charge in [0.15, 0.2) is 0 Å². The van der Waals surface area contributed by atoms with E-state index in [1.54, 1.807) is 0 Å². The van der Waals surface area contributed by atoms with Crippen molar-refractivity contribution in [2.75, 3.05) is 0 Å². The fraction of sp³-hybridized carbons (Fsp3) is 0.0345. The Kier molecular flexibility index (Phi) is 4.68. The molecule has 0 heteroatoms. The molecule has 5 aromatic carbocycles. The van der Waals surface area contributed by atoms with Gasteiger partial charge in [0.1, 0.15) is 0 Å². The molecular formula is C29H22. The Morgan fingerprint density at radius 1 is 0.379 bits per heavy atom. The highest BCUT2D eigenvalue weighted by Crippen LogP contribution is 2.30. The van der Waals surface area contributed by atoms with Crippen molar-refractivity contribution in [1.29, 1.82) is 0 Å². The lowest BCUT2D eigenvalue weighted by Crippen LogP contribution is -1.88. The summed E-state index contributed by atoms with van der Waals surface area (Å²) in [4.78, 5) is 0. The third kappa shape index (κ3) is 3.70. The Bertz CT molecular complexity index is 1230. The van der Waals surface area contributed by atoms with Crippen molar-refractivity contribution in [3.63, 3.8) is 0 Å². The fourth-order valence-electron chi connectivity index (χ4n) is 3.97. The number of rotatable bonds is 4. The third-order valence-corrected chi connectivity index (χ3v) is 5.52. The summed E-state index contributed by atoms with van der Waals surface area (Å²) in [6, 6.07) is 43.5. The van der Waals surface area contributed by atoms with E-state index < -0.39 is 0 Å². The number of fused-ring (bicyclic) bond motifs is 1. The molecule has 0 saturated carbocycles. The van der Waals surface area contributed by atoms with Crippen LogP contribution in [0.5, 0.6) is 0 Å². The van der Waals surface area contributed by atoms with E-state index in [4.69, 9.17) is 0 Å². The zero-order valence-electron chi connectivity index (χ0n) is 16.3. The highest BCUT2D eigenvalue weighted by molar-refractivity contribution is 5.96. The normalized spacial score (nSPS) is 10.9. The van der Waals surface area contributed by atoms with E-state index >= 15 is 0 Å². The molecule has 0 atom stereocenters. The molecule has 0 spiro atoms. The second-order valence-electron chi connectivity index (χ2n) is 7.46. The van der Waals surface area contributed by atoms with Gasteiger partial charge >= 0.3 is 0 Å². The Labute approximate surface area is 172 Å². The first-order chi connectivity index (χ1) is 14.4. The van der Waals surface area contributed by atoms with E-state index in [1.165, 1.54) is 44.2 Å². The van der Waals surface area contributed by atoms with Crippen LogP contribution in [0.4, 0.5) is 0 Å². The number of hydrogen-bond acceptors (Lipinski definition) is 0. The van der Waals surface area contributed by atoms with Gasteiger partial charge < -0.3 is 0 Å². The molecule has 138 valence electrons.